The van der Waals surface area contributed by atoms with Crippen molar-refractivity contribution in [1.29, 1.82) is 0 Å². The number of hydrogen-bond acceptors (Lipinski definition) is 3. The molecule has 1 heterocycles. The van der Waals surface area contributed by atoms with E-state index in [0.717, 1.165) is 10.0 Å². The first-order valence-electron chi connectivity index (χ1n) is 8.99. The van der Waals surface area contributed by atoms with Crippen LogP contribution in [0.3, 0.4) is 0 Å². The first-order valence-corrected chi connectivity index (χ1v) is 9.78. The highest BCUT2D eigenvalue weighted by molar-refractivity contribution is 9.10. The van der Waals surface area contributed by atoms with Crippen molar-refractivity contribution < 1.29 is 9.59 Å². The lowest BCUT2D eigenvalue weighted by Gasteiger charge is -2.17. The number of nitrogens with one attached hydrogen (secondary N) is 1. The smallest absolute Gasteiger partial charge is 0.263 e. The molecule has 0 unspecified atom stereocenters. The highest BCUT2D eigenvalue weighted by Crippen LogP contribution is 2.21. The van der Waals surface area contributed by atoms with Gasteiger partial charge in [0.1, 0.15) is 5.56 Å². The number of carbonyl (C=O) groups excluding carboxylic acids is 2. The Labute approximate surface area is 176 Å². The zero-order valence-corrected chi connectivity index (χ0v) is 17.4. The summed E-state index contributed by atoms with van der Waals surface area (Å²) in [5, 5.41) is 2.74. The number of aromatic nitrogens is 1. The normalized spacial score (nSPS) is 10.4. The highest BCUT2D eigenvalue weighted by atomic mass is 79.9. The van der Waals surface area contributed by atoms with E-state index < -0.39 is 5.91 Å². The van der Waals surface area contributed by atoms with Crippen molar-refractivity contribution in [2.45, 2.75) is 6.54 Å². The molecule has 2 aromatic carbocycles. The minimum atomic E-state index is -0.500. The van der Waals surface area contributed by atoms with Gasteiger partial charge < -0.3 is 14.8 Å². The molecule has 0 saturated carbocycles. The third-order valence-electron chi connectivity index (χ3n) is 4.32. The van der Waals surface area contributed by atoms with Crippen LogP contribution in [0.4, 0.5) is 5.69 Å². The van der Waals surface area contributed by atoms with E-state index >= 15 is 0 Å². The minimum Gasteiger partial charge on any atom is -0.332 e. The lowest BCUT2D eigenvalue weighted by molar-refractivity contribution is -0.116. The molecule has 0 spiro atoms. The van der Waals surface area contributed by atoms with Gasteiger partial charge in [-0.3, -0.25) is 14.4 Å². The number of carbonyl (C=O) groups is 2. The molecule has 6 nitrogen and oxygen atoms in total. The van der Waals surface area contributed by atoms with E-state index in [-0.39, 0.29) is 23.6 Å². The van der Waals surface area contributed by atoms with E-state index in [9.17, 15) is 14.4 Å². The highest BCUT2D eigenvalue weighted by Gasteiger charge is 2.19. The van der Waals surface area contributed by atoms with Gasteiger partial charge in [-0.1, -0.05) is 42.5 Å². The second-order valence-electron chi connectivity index (χ2n) is 6.53. The van der Waals surface area contributed by atoms with E-state index in [0.29, 0.717) is 12.2 Å². The first kappa shape index (κ1) is 20.5. The monoisotopic (exact) mass is 453 g/mol. The summed E-state index contributed by atoms with van der Waals surface area (Å²) in [6.07, 6.45) is 1.64. The Bertz CT molecular complexity index is 1080. The topological polar surface area (TPSA) is 71.4 Å². The lowest BCUT2D eigenvalue weighted by Crippen LogP contribution is -2.38. The second kappa shape index (κ2) is 9.34. The summed E-state index contributed by atoms with van der Waals surface area (Å²) in [7, 11) is 1.50. The van der Waals surface area contributed by atoms with Crippen LogP contribution < -0.4 is 10.9 Å². The fraction of sp³-hybridized carbons (Fsp3) is 0.136. The van der Waals surface area contributed by atoms with Crippen molar-refractivity contribution >= 4 is 33.4 Å². The molecule has 0 atom stereocenters. The van der Waals surface area contributed by atoms with Gasteiger partial charge in [-0.15, -0.1) is 0 Å². The zero-order chi connectivity index (χ0) is 20.8. The Balaban J connectivity index is 1.71. The largest absolute Gasteiger partial charge is 0.332 e. The van der Waals surface area contributed by atoms with Crippen LogP contribution in [0.2, 0.25) is 0 Å². The van der Waals surface area contributed by atoms with E-state index in [1.165, 1.54) is 22.6 Å². The summed E-state index contributed by atoms with van der Waals surface area (Å²) in [6.45, 7) is 0.195. The SMILES string of the molecule is CN(CC(=O)Nc1ccccc1Br)C(=O)c1cccn(Cc2ccccc2)c1=O. The summed E-state index contributed by atoms with van der Waals surface area (Å²) >= 11 is 3.36. The second-order valence-corrected chi connectivity index (χ2v) is 7.38. The predicted molar refractivity (Wildman–Crippen MR) is 116 cm³/mol. The molecule has 3 aromatic rings. The molecule has 0 bridgehead atoms. The minimum absolute atomic E-state index is 0.0274. The number of pyridine rings is 1. The third-order valence-corrected chi connectivity index (χ3v) is 5.01. The maximum atomic E-state index is 12.7. The van der Waals surface area contributed by atoms with Crippen LogP contribution in [-0.4, -0.2) is 34.9 Å². The molecule has 0 aliphatic heterocycles. The van der Waals surface area contributed by atoms with Crippen molar-refractivity contribution in [3.8, 4) is 0 Å². The average Bonchev–Trinajstić information content (AvgIpc) is 2.71. The van der Waals surface area contributed by atoms with Crippen LogP contribution in [0.5, 0.6) is 0 Å². The molecule has 29 heavy (non-hydrogen) atoms. The van der Waals surface area contributed by atoms with Crippen molar-refractivity contribution in [3.05, 3.63) is 98.9 Å². The number of amides is 2. The third kappa shape index (κ3) is 5.20. The number of nitrogens with zero attached hydrogens (tertiary/aromatic N) is 2. The molecule has 1 N–H and O–H groups in total. The fourth-order valence-electron chi connectivity index (χ4n) is 2.85. The summed E-state index contributed by atoms with van der Waals surface area (Å²) in [5.74, 6) is -0.854. The van der Waals surface area contributed by atoms with E-state index in [1.54, 1.807) is 24.4 Å². The molecule has 0 radical (unpaired) electrons. The molecular formula is C22H20BrN3O3. The summed E-state index contributed by atoms with van der Waals surface area (Å²) in [4.78, 5) is 39.0. The predicted octanol–water partition coefficient (Wildman–Crippen LogP) is 3.37. The molecule has 0 fully saturated rings. The number of anilines is 1. The molecule has 0 aliphatic carbocycles. The number of rotatable bonds is 6. The summed E-state index contributed by atoms with van der Waals surface area (Å²) in [6, 6.07) is 19.9. The van der Waals surface area contributed by atoms with E-state index in [1.807, 2.05) is 42.5 Å². The maximum absolute atomic E-state index is 12.7. The maximum Gasteiger partial charge on any atom is 0.263 e. The lowest BCUT2D eigenvalue weighted by atomic mass is 10.2. The number of likely N-dealkylation sites (N-methyl/N-ethyl adjacent to an activating group) is 1. The summed E-state index contributed by atoms with van der Waals surface area (Å²) in [5.41, 5.74) is 1.21. The van der Waals surface area contributed by atoms with Crippen molar-refractivity contribution in [2.75, 3.05) is 18.9 Å². The molecule has 2 amide bonds. The van der Waals surface area contributed by atoms with Crippen molar-refractivity contribution in [2.24, 2.45) is 0 Å². The van der Waals surface area contributed by atoms with Gasteiger partial charge in [-0.2, -0.15) is 0 Å². The number of hydrogen-bond donors (Lipinski definition) is 1. The van der Waals surface area contributed by atoms with Gasteiger partial charge in [-0.25, -0.2) is 0 Å². The number of halogens is 1. The van der Waals surface area contributed by atoms with Crippen LogP contribution in [0.25, 0.3) is 0 Å². The number of benzene rings is 2. The molecule has 0 saturated heterocycles. The van der Waals surface area contributed by atoms with E-state index in [4.69, 9.17) is 0 Å². The van der Waals surface area contributed by atoms with Gasteiger partial charge in [0.05, 0.1) is 18.8 Å². The van der Waals surface area contributed by atoms with Crippen LogP contribution >= 0.6 is 15.9 Å². The molecule has 3 rings (SSSR count). The number of para-hydroxylation sites is 1. The van der Waals surface area contributed by atoms with E-state index in [2.05, 4.69) is 21.2 Å². The Morgan fingerprint density at radius 1 is 1.00 bits per heavy atom. The van der Waals surface area contributed by atoms with Crippen LogP contribution in [0.1, 0.15) is 15.9 Å². The average molecular weight is 454 g/mol. The molecule has 148 valence electrons. The first-order chi connectivity index (χ1) is 14.0. The molecule has 7 heteroatoms. The van der Waals surface area contributed by atoms with Crippen LogP contribution in [-0.2, 0) is 11.3 Å². The van der Waals surface area contributed by atoms with Gasteiger partial charge >= 0.3 is 0 Å². The fourth-order valence-corrected chi connectivity index (χ4v) is 3.23. The van der Waals surface area contributed by atoms with Gasteiger partial charge in [0.25, 0.3) is 11.5 Å². The van der Waals surface area contributed by atoms with Crippen molar-refractivity contribution in [1.82, 2.24) is 9.47 Å². The van der Waals surface area contributed by atoms with Gasteiger partial charge in [-0.05, 0) is 45.8 Å². The Hall–Kier alpha value is -3.19. The zero-order valence-electron chi connectivity index (χ0n) is 15.8. The van der Waals surface area contributed by atoms with Gasteiger partial charge in [0.2, 0.25) is 5.91 Å². The van der Waals surface area contributed by atoms with Gasteiger partial charge in [0, 0.05) is 17.7 Å². The van der Waals surface area contributed by atoms with Crippen LogP contribution in [0, 0.1) is 0 Å². The Kier molecular flexibility index (Phi) is 6.61. The standard InChI is InChI=1S/C22H20BrN3O3/c1-25(15-20(27)24-19-12-6-5-11-18(19)23)21(28)17-10-7-13-26(22(17)29)14-16-8-3-2-4-9-16/h2-13H,14-15H2,1H3,(H,24,27). The van der Waals surface area contributed by atoms with Gasteiger partial charge in [0.15, 0.2) is 0 Å². The van der Waals surface area contributed by atoms with Crippen LogP contribution in [0.15, 0.2) is 82.2 Å². The Morgan fingerprint density at radius 3 is 2.41 bits per heavy atom. The van der Waals surface area contributed by atoms with Crippen molar-refractivity contribution in [3.63, 3.8) is 0 Å². The quantitative estimate of drug-likeness (QED) is 0.621. The molecule has 1 aromatic heterocycles. The molecular weight excluding hydrogens is 434 g/mol. The Morgan fingerprint density at radius 2 is 1.69 bits per heavy atom. The summed E-state index contributed by atoms with van der Waals surface area (Å²) < 4.78 is 2.23. The molecule has 0 aliphatic rings.